The van der Waals surface area contributed by atoms with Gasteiger partial charge >= 0.3 is 0 Å². The summed E-state index contributed by atoms with van der Waals surface area (Å²) in [5, 5.41) is 6.61. The van der Waals surface area contributed by atoms with E-state index in [9.17, 15) is 4.79 Å². The average Bonchev–Trinajstić information content (AvgIpc) is 3.08. The van der Waals surface area contributed by atoms with Crippen molar-refractivity contribution in [2.75, 3.05) is 20.2 Å². The second-order valence-electron chi connectivity index (χ2n) is 6.02. The molecule has 0 bridgehead atoms. The number of amides is 1. The Balaban J connectivity index is 1.54. The number of nitrogens with zero attached hydrogens (tertiary/aromatic N) is 1. The van der Waals surface area contributed by atoms with Crippen LogP contribution in [0.1, 0.15) is 31.2 Å². The van der Waals surface area contributed by atoms with Crippen LogP contribution in [0.15, 0.2) is 18.3 Å². The largest absolute Gasteiger partial charge is 0.481 e. The summed E-state index contributed by atoms with van der Waals surface area (Å²) in [6, 6.07) is 4.26. The Labute approximate surface area is 125 Å². The lowest BCUT2D eigenvalue weighted by Gasteiger charge is -2.27. The number of carbonyl (C=O) groups is 1. The third kappa shape index (κ3) is 2.75. The number of fused-ring (bicyclic) bond motifs is 1. The maximum absolute atomic E-state index is 12.6. The quantitative estimate of drug-likeness (QED) is 0.857. The van der Waals surface area contributed by atoms with E-state index in [1.807, 2.05) is 12.1 Å². The van der Waals surface area contributed by atoms with Gasteiger partial charge in [-0.15, -0.1) is 0 Å². The fourth-order valence-electron chi connectivity index (χ4n) is 3.74. The second-order valence-corrected chi connectivity index (χ2v) is 6.02. The Morgan fingerprint density at radius 2 is 2.48 bits per heavy atom. The van der Waals surface area contributed by atoms with Crippen molar-refractivity contribution < 1.29 is 9.53 Å². The molecule has 5 nitrogen and oxygen atoms in total. The highest BCUT2D eigenvalue weighted by molar-refractivity contribution is 5.84. The Kier molecular flexibility index (Phi) is 4.10. The van der Waals surface area contributed by atoms with Crippen molar-refractivity contribution >= 4 is 5.91 Å². The van der Waals surface area contributed by atoms with Crippen molar-refractivity contribution in [2.45, 2.75) is 38.1 Å². The molecular formula is C16H23N3O2. The maximum Gasteiger partial charge on any atom is 0.227 e. The van der Waals surface area contributed by atoms with Gasteiger partial charge < -0.3 is 15.4 Å². The molecule has 1 aromatic rings. The molecule has 0 aromatic carbocycles. The number of pyridine rings is 1. The number of rotatable bonds is 5. The summed E-state index contributed by atoms with van der Waals surface area (Å²) in [6.07, 6.45) is 6.84. The SMILES string of the molecule is COc1cc(CCNC(=O)[C@]23CCC[C@H]2NCC3)ccn1. The van der Waals surface area contributed by atoms with E-state index in [2.05, 4.69) is 15.6 Å². The Hall–Kier alpha value is -1.62. The van der Waals surface area contributed by atoms with Gasteiger partial charge in [0, 0.05) is 24.8 Å². The van der Waals surface area contributed by atoms with Gasteiger partial charge in [-0.3, -0.25) is 4.79 Å². The van der Waals surface area contributed by atoms with Gasteiger partial charge in [-0.2, -0.15) is 0 Å². The first-order chi connectivity index (χ1) is 10.2. The average molecular weight is 289 g/mol. The van der Waals surface area contributed by atoms with Crippen LogP contribution in [0.5, 0.6) is 5.88 Å². The standard InChI is InChI=1S/C16H23N3O2/c1-21-14-11-12(4-8-18-14)5-9-19-15(20)16-6-2-3-13(16)17-10-7-16/h4,8,11,13,17H,2-3,5-7,9-10H2,1H3,(H,19,20)/t13-,16+/m1/s1. The summed E-state index contributed by atoms with van der Waals surface area (Å²) in [5.74, 6) is 0.851. The van der Waals surface area contributed by atoms with E-state index in [-0.39, 0.29) is 11.3 Å². The number of nitrogens with one attached hydrogen (secondary N) is 2. The van der Waals surface area contributed by atoms with E-state index >= 15 is 0 Å². The van der Waals surface area contributed by atoms with Crippen molar-refractivity contribution in [1.82, 2.24) is 15.6 Å². The zero-order valence-corrected chi connectivity index (χ0v) is 12.5. The van der Waals surface area contributed by atoms with Crippen LogP contribution in [0, 0.1) is 5.41 Å². The van der Waals surface area contributed by atoms with E-state index in [1.165, 1.54) is 0 Å². The summed E-state index contributed by atoms with van der Waals surface area (Å²) in [7, 11) is 1.61. The van der Waals surface area contributed by atoms with Crippen LogP contribution in [-0.2, 0) is 11.2 Å². The van der Waals surface area contributed by atoms with E-state index in [1.54, 1.807) is 13.3 Å². The summed E-state index contributed by atoms with van der Waals surface area (Å²) in [4.78, 5) is 16.7. The zero-order valence-electron chi connectivity index (χ0n) is 12.5. The number of hydrogen-bond donors (Lipinski definition) is 2. The molecule has 3 rings (SSSR count). The van der Waals surface area contributed by atoms with Crippen molar-refractivity contribution in [3.8, 4) is 5.88 Å². The van der Waals surface area contributed by atoms with E-state index in [0.717, 1.165) is 44.2 Å². The molecule has 2 atom stereocenters. The fourth-order valence-corrected chi connectivity index (χ4v) is 3.74. The van der Waals surface area contributed by atoms with Crippen LogP contribution < -0.4 is 15.4 Å². The van der Waals surface area contributed by atoms with Gasteiger partial charge in [0.2, 0.25) is 11.8 Å². The number of hydrogen-bond acceptors (Lipinski definition) is 4. The molecule has 2 aliphatic rings. The maximum atomic E-state index is 12.6. The highest BCUT2D eigenvalue weighted by Gasteiger charge is 2.51. The molecule has 2 fully saturated rings. The third-order valence-corrected chi connectivity index (χ3v) is 4.90. The van der Waals surface area contributed by atoms with Crippen LogP contribution in [0.2, 0.25) is 0 Å². The summed E-state index contributed by atoms with van der Waals surface area (Å²) in [5.41, 5.74) is 0.989. The van der Waals surface area contributed by atoms with E-state index in [0.29, 0.717) is 18.5 Å². The predicted molar refractivity (Wildman–Crippen MR) is 80.2 cm³/mol. The molecule has 1 saturated carbocycles. The molecule has 0 unspecified atom stereocenters. The lowest BCUT2D eigenvalue weighted by atomic mass is 9.81. The first-order valence-electron chi connectivity index (χ1n) is 7.75. The molecule has 0 spiro atoms. The molecule has 21 heavy (non-hydrogen) atoms. The zero-order chi connectivity index (χ0) is 14.7. The van der Waals surface area contributed by atoms with Gasteiger partial charge in [-0.05, 0) is 43.9 Å². The number of carbonyl (C=O) groups excluding carboxylic acids is 1. The molecule has 0 radical (unpaired) electrons. The topological polar surface area (TPSA) is 63.2 Å². The van der Waals surface area contributed by atoms with Crippen molar-refractivity contribution in [3.63, 3.8) is 0 Å². The summed E-state index contributed by atoms with van der Waals surface area (Å²) < 4.78 is 5.11. The lowest BCUT2D eigenvalue weighted by molar-refractivity contribution is -0.130. The van der Waals surface area contributed by atoms with Gasteiger partial charge in [0.15, 0.2) is 0 Å². The highest BCUT2D eigenvalue weighted by Crippen LogP contribution is 2.44. The molecule has 2 heterocycles. The summed E-state index contributed by atoms with van der Waals surface area (Å²) >= 11 is 0. The lowest BCUT2D eigenvalue weighted by Crippen LogP contribution is -2.45. The van der Waals surface area contributed by atoms with E-state index in [4.69, 9.17) is 4.74 Å². The predicted octanol–water partition coefficient (Wildman–Crippen LogP) is 1.28. The van der Waals surface area contributed by atoms with Crippen LogP contribution in [-0.4, -0.2) is 37.1 Å². The molecule has 5 heteroatoms. The number of aromatic nitrogens is 1. The van der Waals surface area contributed by atoms with Crippen molar-refractivity contribution in [2.24, 2.45) is 5.41 Å². The van der Waals surface area contributed by atoms with Crippen molar-refractivity contribution in [3.05, 3.63) is 23.9 Å². The molecule has 1 saturated heterocycles. The minimum absolute atomic E-state index is 0.143. The summed E-state index contributed by atoms with van der Waals surface area (Å²) in [6.45, 7) is 1.64. The van der Waals surface area contributed by atoms with Gasteiger partial charge in [0.05, 0.1) is 12.5 Å². The number of methoxy groups -OCH3 is 1. The molecule has 1 aromatic heterocycles. The van der Waals surface area contributed by atoms with Gasteiger partial charge in [0.1, 0.15) is 0 Å². The van der Waals surface area contributed by atoms with Crippen LogP contribution in [0.3, 0.4) is 0 Å². The fraction of sp³-hybridized carbons (Fsp3) is 0.625. The van der Waals surface area contributed by atoms with Crippen LogP contribution >= 0.6 is 0 Å². The molecule has 2 N–H and O–H groups in total. The van der Waals surface area contributed by atoms with Gasteiger partial charge in [0.25, 0.3) is 0 Å². The second kappa shape index (κ2) is 6.02. The molecular weight excluding hydrogens is 266 g/mol. The Morgan fingerprint density at radius 1 is 1.57 bits per heavy atom. The van der Waals surface area contributed by atoms with Crippen molar-refractivity contribution in [1.29, 1.82) is 0 Å². The first-order valence-corrected chi connectivity index (χ1v) is 7.75. The van der Waals surface area contributed by atoms with Crippen LogP contribution in [0.4, 0.5) is 0 Å². The monoisotopic (exact) mass is 289 g/mol. The molecule has 1 amide bonds. The smallest absolute Gasteiger partial charge is 0.227 e. The van der Waals surface area contributed by atoms with Gasteiger partial charge in [-0.1, -0.05) is 6.42 Å². The number of ether oxygens (including phenoxy) is 1. The van der Waals surface area contributed by atoms with Gasteiger partial charge in [-0.25, -0.2) is 4.98 Å². The third-order valence-electron chi connectivity index (χ3n) is 4.90. The minimum atomic E-state index is -0.143. The molecule has 1 aliphatic heterocycles. The Morgan fingerprint density at radius 3 is 3.33 bits per heavy atom. The molecule has 114 valence electrons. The molecule has 1 aliphatic carbocycles. The Bertz CT molecular complexity index is 508. The van der Waals surface area contributed by atoms with Crippen LogP contribution in [0.25, 0.3) is 0 Å². The first kappa shape index (κ1) is 14.3. The normalized spacial score (nSPS) is 27.4. The highest BCUT2D eigenvalue weighted by atomic mass is 16.5. The van der Waals surface area contributed by atoms with E-state index < -0.39 is 0 Å². The minimum Gasteiger partial charge on any atom is -0.481 e.